The van der Waals surface area contributed by atoms with Gasteiger partial charge in [0, 0.05) is 11.7 Å². The molecule has 5 nitrogen and oxygen atoms in total. The molecule has 1 aromatic rings. The maximum absolute atomic E-state index is 11.6. The summed E-state index contributed by atoms with van der Waals surface area (Å²) in [5.41, 5.74) is 2.81. The van der Waals surface area contributed by atoms with E-state index in [-0.39, 0.29) is 6.42 Å². The molecule has 0 saturated heterocycles. The largest absolute Gasteiger partial charge is 0.481 e. The summed E-state index contributed by atoms with van der Waals surface area (Å²) in [7, 11) is 0. The molecular weight excluding hydrogens is 232 g/mol. The van der Waals surface area contributed by atoms with Crippen LogP contribution >= 0.6 is 0 Å². The van der Waals surface area contributed by atoms with Crippen LogP contribution in [0.15, 0.2) is 18.2 Å². The van der Waals surface area contributed by atoms with Crippen LogP contribution in [0.3, 0.4) is 0 Å². The topological polar surface area (TPSA) is 78.4 Å². The van der Waals surface area contributed by atoms with Gasteiger partial charge in [-0.3, -0.25) is 4.79 Å². The van der Waals surface area contributed by atoms with E-state index in [0.717, 1.165) is 16.8 Å². The number of amides is 2. The Bertz CT molecular complexity index is 458. The Morgan fingerprint density at radius 3 is 2.56 bits per heavy atom. The van der Waals surface area contributed by atoms with Crippen LogP contribution in [0.2, 0.25) is 0 Å². The van der Waals surface area contributed by atoms with Gasteiger partial charge < -0.3 is 15.7 Å². The van der Waals surface area contributed by atoms with Gasteiger partial charge in [-0.1, -0.05) is 17.7 Å². The van der Waals surface area contributed by atoms with E-state index in [1.54, 1.807) is 6.92 Å². The van der Waals surface area contributed by atoms with Gasteiger partial charge in [0.25, 0.3) is 0 Å². The van der Waals surface area contributed by atoms with E-state index < -0.39 is 18.0 Å². The number of hydrogen-bond acceptors (Lipinski definition) is 2. The molecule has 2 amide bonds. The number of benzene rings is 1. The van der Waals surface area contributed by atoms with Gasteiger partial charge in [0.15, 0.2) is 0 Å². The SMILES string of the molecule is Cc1ccc(NC(=O)NC(C)CC(=O)O)c(C)c1. The number of carbonyl (C=O) groups is 2. The van der Waals surface area contributed by atoms with Gasteiger partial charge in [-0.25, -0.2) is 4.79 Å². The molecule has 3 N–H and O–H groups in total. The summed E-state index contributed by atoms with van der Waals surface area (Å²) in [6.45, 7) is 5.53. The van der Waals surface area contributed by atoms with Crippen molar-refractivity contribution in [2.75, 3.05) is 5.32 Å². The molecule has 98 valence electrons. The number of nitrogens with one attached hydrogen (secondary N) is 2. The predicted octanol–water partition coefficient (Wildman–Crippen LogP) is 2.29. The second kappa shape index (κ2) is 6.05. The van der Waals surface area contributed by atoms with Crippen molar-refractivity contribution < 1.29 is 14.7 Å². The first-order valence-corrected chi connectivity index (χ1v) is 5.75. The molecule has 0 aliphatic heterocycles. The molecule has 0 bridgehead atoms. The lowest BCUT2D eigenvalue weighted by atomic mass is 10.1. The summed E-state index contributed by atoms with van der Waals surface area (Å²) in [4.78, 5) is 22.1. The molecule has 1 rings (SSSR count). The highest BCUT2D eigenvalue weighted by molar-refractivity contribution is 5.90. The summed E-state index contributed by atoms with van der Waals surface area (Å²) in [6, 6.07) is 4.90. The minimum atomic E-state index is -0.936. The van der Waals surface area contributed by atoms with E-state index in [9.17, 15) is 9.59 Å². The van der Waals surface area contributed by atoms with Crippen molar-refractivity contribution in [1.82, 2.24) is 5.32 Å². The summed E-state index contributed by atoms with van der Waals surface area (Å²) >= 11 is 0. The highest BCUT2D eigenvalue weighted by atomic mass is 16.4. The highest BCUT2D eigenvalue weighted by Crippen LogP contribution is 2.15. The van der Waals surface area contributed by atoms with Crippen LogP contribution in [0.25, 0.3) is 0 Å². The normalized spacial score (nSPS) is 11.7. The molecule has 1 unspecified atom stereocenters. The molecule has 0 radical (unpaired) electrons. The highest BCUT2D eigenvalue weighted by Gasteiger charge is 2.11. The fourth-order valence-corrected chi connectivity index (χ4v) is 1.65. The van der Waals surface area contributed by atoms with Gasteiger partial charge in [0.2, 0.25) is 0 Å². The lowest BCUT2D eigenvalue weighted by Gasteiger charge is -2.14. The fourth-order valence-electron chi connectivity index (χ4n) is 1.65. The smallest absolute Gasteiger partial charge is 0.319 e. The molecule has 0 aliphatic carbocycles. The van der Waals surface area contributed by atoms with Gasteiger partial charge in [-0.15, -0.1) is 0 Å². The van der Waals surface area contributed by atoms with Gasteiger partial charge >= 0.3 is 12.0 Å². The van der Waals surface area contributed by atoms with E-state index >= 15 is 0 Å². The van der Waals surface area contributed by atoms with Crippen molar-refractivity contribution >= 4 is 17.7 Å². The number of aryl methyl sites for hydroxylation is 2. The number of carbonyl (C=O) groups excluding carboxylic acids is 1. The van der Waals surface area contributed by atoms with Gasteiger partial charge in [0.1, 0.15) is 0 Å². The minimum Gasteiger partial charge on any atom is -0.481 e. The summed E-state index contributed by atoms with van der Waals surface area (Å²) < 4.78 is 0. The van der Waals surface area contributed by atoms with Crippen molar-refractivity contribution in [2.45, 2.75) is 33.2 Å². The van der Waals surface area contributed by atoms with E-state index in [2.05, 4.69) is 10.6 Å². The first-order valence-electron chi connectivity index (χ1n) is 5.75. The second-order valence-corrected chi connectivity index (χ2v) is 4.42. The molecule has 0 fully saturated rings. The number of carboxylic acid groups (broad SMARTS) is 1. The number of carboxylic acids is 1. The van der Waals surface area contributed by atoms with Crippen LogP contribution in [0, 0.1) is 13.8 Å². The molecule has 18 heavy (non-hydrogen) atoms. The van der Waals surface area contributed by atoms with Gasteiger partial charge in [-0.05, 0) is 32.4 Å². The van der Waals surface area contributed by atoms with Crippen LogP contribution < -0.4 is 10.6 Å². The van der Waals surface area contributed by atoms with Gasteiger partial charge in [-0.2, -0.15) is 0 Å². The van der Waals surface area contributed by atoms with E-state index in [4.69, 9.17) is 5.11 Å². The van der Waals surface area contributed by atoms with Crippen LogP contribution in [0.5, 0.6) is 0 Å². The van der Waals surface area contributed by atoms with Crippen molar-refractivity contribution in [1.29, 1.82) is 0 Å². The van der Waals surface area contributed by atoms with Crippen LogP contribution in [-0.4, -0.2) is 23.1 Å². The molecule has 1 atom stereocenters. The van der Waals surface area contributed by atoms with Crippen molar-refractivity contribution in [2.24, 2.45) is 0 Å². The molecule has 0 aromatic heterocycles. The number of aliphatic carboxylic acids is 1. The fraction of sp³-hybridized carbons (Fsp3) is 0.385. The van der Waals surface area contributed by atoms with Crippen LogP contribution in [0.4, 0.5) is 10.5 Å². The zero-order chi connectivity index (χ0) is 13.7. The first kappa shape index (κ1) is 14.0. The van der Waals surface area contributed by atoms with Crippen molar-refractivity contribution in [3.05, 3.63) is 29.3 Å². The van der Waals surface area contributed by atoms with Crippen LogP contribution in [0.1, 0.15) is 24.5 Å². The zero-order valence-electron chi connectivity index (χ0n) is 10.8. The average molecular weight is 250 g/mol. The average Bonchev–Trinajstić information content (AvgIpc) is 2.20. The molecule has 0 heterocycles. The monoisotopic (exact) mass is 250 g/mol. The Morgan fingerprint density at radius 1 is 1.33 bits per heavy atom. The summed E-state index contributed by atoms with van der Waals surface area (Å²) in [5, 5.41) is 13.9. The third-order valence-electron chi connectivity index (χ3n) is 2.49. The number of rotatable bonds is 4. The first-order chi connectivity index (χ1) is 8.38. The third-order valence-corrected chi connectivity index (χ3v) is 2.49. The Balaban J connectivity index is 2.56. The third kappa shape index (κ3) is 4.45. The molecule has 1 aromatic carbocycles. The Morgan fingerprint density at radius 2 is 2.00 bits per heavy atom. The lowest BCUT2D eigenvalue weighted by Crippen LogP contribution is -2.37. The maximum atomic E-state index is 11.6. The second-order valence-electron chi connectivity index (χ2n) is 4.42. The Labute approximate surface area is 106 Å². The number of urea groups is 1. The summed E-state index contributed by atoms with van der Waals surface area (Å²) in [5.74, 6) is -0.936. The molecule has 0 aliphatic rings. The molecule has 5 heteroatoms. The number of hydrogen-bond donors (Lipinski definition) is 3. The standard InChI is InChI=1S/C13H18N2O3/c1-8-4-5-11(9(2)6-8)15-13(18)14-10(3)7-12(16)17/h4-6,10H,7H2,1-3H3,(H,16,17)(H2,14,15,18). The quantitative estimate of drug-likeness (QED) is 0.767. The lowest BCUT2D eigenvalue weighted by molar-refractivity contribution is -0.137. The van der Waals surface area contributed by atoms with E-state index in [1.165, 1.54) is 0 Å². The maximum Gasteiger partial charge on any atom is 0.319 e. The van der Waals surface area contributed by atoms with Gasteiger partial charge in [0.05, 0.1) is 6.42 Å². The van der Waals surface area contributed by atoms with E-state index in [0.29, 0.717) is 0 Å². The van der Waals surface area contributed by atoms with E-state index in [1.807, 2.05) is 32.0 Å². The Hall–Kier alpha value is -2.04. The molecule has 0 spiro atoms. The number of anilines is 1. The van der Waals surface area contributed by atoms with Crippen molar-refractivity contribution in [3.63, 3.8) is 0 Å². The predicted molar refractivity (Wildman–Crippen MR) is 69.8 cm³/mol. The summed E-state index contributed by atoms with van der Waals surface area (Å²) in [6.07, 6.45) is -0.0969. The zero-order valence-corrected chi connectivity index (χ0v) is 10.8. The Kier molecular flexibility index (Phi) is 4.71. The van der Waals surface area contributed by atoms with Crippen molar-refractivity contribution in [3.8, 4) is 0 Å². The molecule has 0 saturated carbocycles. The molecular formula is C13H18N2O3. The minimum absolute atomic E-state index is 0.0969. The van der Waals surface area contributed by atoms with Crippen LogP contribution in [-0.2, 0) is 4.79 Å².